The van der Waals surface area contributed by atoms with Gasteiger partial charge in [0, 0.05) is 50.6 Å². The summed E-state index contributed by atoms with van der Waals surface area (Å²) in [6, 6.07) is 31.0. The molecule has 0 aliphatic carbocycles. The van der Waals surface area contributed by atoms with Gasteiger partial charge in [-0.25, -0.2) is 0 Å². The lowest BCUT2D eigenvalue weighted by Gasteiger charge is -2.32. The molecule has 4 aromatic rings. The summed E-state index contributed by atoms with van der Waals surface area (Å²) >= 11 is 0. The lowest BCUT2D eigenvalue weighted by Crippen LogP contribution is -2.38. The van der Waals surface area contributed by atoms with E-state index in [0.29, 0.717) is 19.5 Å². The van der Waals surface area contributed by atoms with Crippen molar-refractivity contribution in [1.29, 1.82) is 0 Å². The van der Waals surface area contributed by atoms with Gasteiger partial charge in [0.15, 0.2) is 0 Å². The van der Waals surface area contributed by atoms with Gasteiger partial charge < -0.3 is 15.1 Å². The molecule has 2 aliphatic heterocycles. The third kappa shape index (κ3) is 10.6. The zero-order chi connectivity index (χ0) is 34.4. The topological polar surface area (TPSA) is 65.5 Å². The normalized spacial score (nSPS) is 15.6. The second-order valence-electron chi connectivity index (χ2n) is 14.4. The van der Waals surface area contributed by atoms with Gasteiger partial charge >= 0.3 is 0 Å². The monoisotopic (exact) mass is 670 g/mol. The minimum Gasteiger partial charge on any atom is -0.339 e. The number of hydrogen-bond acceptors (Lipinski definition) is 4. The highest BCUT2D eigenvalue weighted by atomic mass is 16.2. The summed E-state index contributed by atoms with van der Waals surface area (Å²) in [5.74, 6) is 1.97. The molecular formula is C44H54N4O2. The van der Waals surface area contributed by atoms with Crippen molar-refractivity contribution in [3.8, 4) is 11.1 Å². The van der Waals surface area contributed by atoms with Crippen molar-refractivity contribution >= 4 is 11.8 Å². The molecule has 2 fully saturated rings. The zero-order valence-corrected chi connectivity index (χ0v) is 29.6. The van der Waals surface area contributed by atoms with Crippen molar-refractivity contribution in [3.63, 3.8) is 0 Å². The first-order valence-corrected chi connectivity index (χ1v) is 19.0. The minimum absolute atomic E-state index is 0.138. The van der Waals surface area contributed by atoms with Gasteiger partial charge in [-0.2, -0.15) is 0 Å². The average molecular weight is 671 g/mol. The predicted octanol–water partition coefficient (Wildman–Crippen LogP) is 8.36. The van der Waals surface area contributed by atoms with Crippen molar-refractivity contribution in [2.45, 2.75) is 77.2 Å². The second-order valence-corrected chi connectivity index (χ2v) is 14.4. The zero-order valence-electron chi connectivity index (χ0n) is 29.6. The summed E-state index contributed by atoms with van der Waals surface area (Å²) in [5.41, 5.74) is 6.38. The van der Waals surface area contributed by atoms with Gasteiger partial charge in [0.1, 0.15) is 0 Å². The maximum absolute atomic E-state index is 13.6. The van der Waals surface area contributed by atoms with E-state index in [2.05, 4.69) is 69.8 Å². The van der Waals surface area contributed by atoms with Crippen LogP contribution in [0.5, 0.6) is 0 Å². The SMILES string of the molecule is O=C(CCCc1ccccc1)N(CCc1ccncc1)Cc1cccc(-c2cccc(C(=O)N3CCC(CCCC4CCNCC4)CC3)c2)c1. The Bertz CT molecular complexity index is 1630. The molecule has 3 heterocycles. The number of carbonyl (C=O) groups excluding carboxylic acids is 2. The van der Waals surface area contributed by atoms with Crippen LogP contribution in [0.4, 0.5) is 0 Å². The Balaban J connectivity index is 1.05. The number of nitrogens with zero attached hydrogens (tertiary/aromatic N) is 3. The molecule has 6 nitrogen and oxygen atoms in total. The van der Waals surface area contributed by atoms with E-state index in [1.54, 1.807) is 0 Å². The van der Waals surface area contributed by atoms with Crippen molar-refractivity contribution < 1.29 is 9.59 Å². The van der Waals surface area contributed by atoms with Crippen LogP contribution < -0.4 is 5.32 Å². The first-order chi connectivity index (χ1) is 24.6. The van der Waals surface area contributed by atoms with Crippen LogP contribution >= 0.6 is 0 Å². The van der Waals surface area contributed by atoms with E-state index in [1.807, 2.05) is 53.7 Å². The van der Waals surface area contributed by atoms with E-state index in [-0.39, 0.29) is 11.8 Å². The fourth-order valence-electron chi connectivity index (χ4n) is 7.73. The summed E-state index contributed by atoms with van der Waals surface area (Å²) in [7, 11) is 0. The smallest absolute Gasteiger partial charge is 0.253 e. The van der Waals surface area contributed by atoms with E-state index in [9.17, 15) is 9.59 Å². The highest BCUT2D eigenvalue weighted by molar-refractivity contribution is 5.95. The molecule has 2 amide bonds. The molecular weight excluding hydrogens is 617 g/mol. The van der Waals surface area contributed by atoms with Gasteiger partial charge in [-0.05, 0) is 128 Å². The molecule has 50 heavy (non-hydrogen) atoms. The van der Waals surface area contributed by atoms with Crippen molar-refractivity contribution in [1.82, 2.24) is 20.1 Å². The molecule has 1 aromatic heterocycles. The maximum Gasteiger partial charge on any atom is 0.253 e. The molecule has 0 saturated carbocycles. The van der Waals surface area contributed by atoms with Gasteiger partial charge in [-0.1, -0.05) is 79.9 Å². The van der Waals surface area contributed by atoms with Crippen LogP contribution in [0.3, 0.4) is 0 Å². The van der Waals surface area contributed by atoms with Crippen LogP contribution in [0.15, 0.2) is 103 Å². The second kappa shape index (κ2) is 18.6. The van der Waals surface area contributed by atoms with Gasteiger partial charge in [0.05, 0.1) is 0 Å². The van der Waals surface area contributed by atoms with Gasteiger partial charge in [0.2, 0.25) is 5.91 Å². The van der Waals surface area contributed by atoms with Crippen LogP contribution in [0.25, 0.3) is 11.1 Å². The van der Waals surface area contributed by atoms with E-state index in [0.717, 1.165) is 79.3 Å². The van der Waals surface area contributed by atoms with Gasteiger partial charge in [-0.3, -0.25) is 14.6 Å². The molecule has 0 unspecified atom stereocenters. The first-order valence-electron chi connectivity index (χ1n) is 19.0. The molecule has 6 rings (SSSR count). The maximum atomic E-state index is 13.6. The fourth-order valence-corrected chi connectivity index (χ4v) is 7.73. The largest absolute Gasteiger partial charge is 0.339 e. The number of carbonyl (C=O) groups is 2. The number of piperidine rings is 2. The molecule has 0 atom stereocenters. The van der Waals surface area contributed by atoms with Crippen molar-refractivity contribution in [2.75, 3.05) is 32.7 Å². The highest BCUT2D eigenvalue weighted by Gasteiger charge is 2.24. The summed E-state index contributed by atoms with van der Waals surface area (Å²) < 4.78 is 0. The Kier molecular flexibility index (Phi) is 13.2. The van der Waals surface area contributed by atoms with E-state index >= 15 is 0 Å². The molecule has 0 radical (unpaired) electrons. The number of hydrogen-bond donors (Lipinski definition) is 1. The van der Waals surface area contributed by atoms with E-state index in [1.165, 1.54) is 56.3 Å². The number of nitrogens with one attached hydrogen (secondary N) is 1. The predicted molar refractivity (Wildman–Crippen MR) is 203 cm³/mol. The molecule has 6 heteroatoms. The highest BCUT2D eigenvalue weighted by Crippen LogP contribution is 2.28. The van der Waals surface area contributed by atoms with Crippen molar-refractivity contribution in [3.05, 3.63) is 126 Å². The molecule has 0 spiro atoms. The fraction of sp³-hybridized carbons (Fsp3) is 0.432. The molecule has 2 aliphatic rings. The number of amides is 2. The summed E-state index contributed by atoms with van der Waals surface area (Å²) in [6.45, 7) is 5.27. The van der Waals surface area contributed by atoms with Crippen LogP contribution in [0, 0.1) is 11.8 Å². The summed E-state index contributed by atoms with van der Waals surface area (Å²) in [4.78, 5) is 35.4. The Morgan fingerprint density at radius 1 is 0.700 bits per heavy atom. The van der Waals surface area contributed by atoms with E-state index in [4.69, 9.17) is 0 Å². The Morgan fingerprint density at radius 2 is 1.36 bits per heavy atom. The number of aromatic nitrogens is 1. The van der Waals surface area contributed by atoms with E-state index < -0.39 is 0 Å². The third-order valence-electron chi connectivity index (χ3n) is 10.8. The Hall–Kier alpha value is -4.29. The molecule has 2 saturated heterocycles. The average Bonchev–Trinajstić information content (AvgIpc) is 3.18. The first kappa shape index (κ1) is 35.5. The third-order valence-corrected chi connectivity index (χ3v) is 10.8. The standard InChI is InChI=1S/C44H54N4O2/c49-43(17-6-12-35-8-2-1-3-9-35)48(31-24-38-20-27-46-28-21-38)34-39-13-5-14-40(32-39)41-15-7-16-42(33-41)44(50)47-29-22-37(23-30-47)11-4-10-36-18-25-45-26-19-36/h1-3,5,7-9,13-16,20-21,27-28,32-33,36-37,45H,4,6,10-12,17-19,22-26,29-31,34H2. The van der Waals surface area contributed by atoms with Crippen molar-refractivity contribution in [2.24, 2.45) is 11.8 Å². The number of benzene rings is 3. The lowest BCUT2D eigenvalue weighted by atomic mass is 9.87. The molecule has 262 valence electrons. The molecule has 0 bridgehead atoms. The van der Waals surface area contributed by atoms with Crippen LogP contribution in [-0.2, 0) is 24.2 Å². The van der Waals surface area contributed by atoms with Gasteiger partial charge in [0.25, 0.3) is 5.91 Å². The van der Waals surface area contributed by atoms with Crippen LogP contribution in [0.1, 0.15) is 84.8 Å². The minimum atomic E-state index is 0.138. The summed E-state index contributed by atoms with van der Waals surface area (Å²) in [5, 5.41) is 3.48. The quantitative estimate of drug-likeness (QED) is 0.138. The molecule has 3 aromatic carbocycles. The van der Waals surface area contributed by atoms with Gasteiger partial charge in [-0.15, -0.1) is 0 Å². The molecule has 1 N–H and O–H groups in total. The number of aryl methyl sites for hydroxylation is 1. The van der Waals surface area contributed by atoms with Crippen LogP contribution in [0.2, 0.25) is 0 Å². The lowest BCUT2D eigenvalue weighted by molar-refractivity contribution is -0.131. The number of likely N-dealkylation sites (tertiary alicyclic amines) is 1. The van der Waals surface area contributed by atoms with Crippen LogP contribution in [-0.4, -0.2) is 59.3 Å². The summed E-state index contributed by atoms with van der Waals surface area (Å²) in [6.07, 6.45) is 15.5. The Labute approximate surface area is 299 Å². The number of pyridine rings is 1. The Morgan fingerprint density at radius 3 is 2.12 bits per heavy atom. The number of rotatable bonds is 15.